The first kappa shape index (κ1) is 13.5. The van der Waals surface area contributed by atoms with Crippen LogP contribution in [0, 0.1) is 0 Å². The van der Waals surface area contributed by atoms with E-state index in [1.165, 1.54) is 21.1 Å². The SMILES string of the molecule is COCC(C)(OC)OC(=O)OOC(=O)O. The lowest BCUT2D eigenvalue weighted by atomic mass is 10.3. The van der Waals surface area contributed by atoms with Crippen LogP contribution in [0.2, 0.25) is 0 Å². The van der Waals surface area contributed by atoms with Crippen LogP contribution in [0.1, 0.15) is 6.92 Å². The third-order valence-electron chi connectivity index (χ3n) is 1.32. The number of carboxylic acid groups (broad SMARTS) is 1. The smallest absolute Gasteiger partial charge is 0.447 e. The number of methoxy groups -OCH3 is 2. The lowest BCUT2D eigenvalue weighted by Gasteiger charge is -2.25. The lowest BCUT2D eigenvalue weighted by molar-refractivity contribution is -0.262. The Bertz CT molecular complexity index is 227. The van der Waals surface area contributed by atoms with Gasteiger partial charge in [-0.2, -0.15) is 9.68 Å². The average molecular weight is 224 g/mol. The fraction of sp³-hybridized carbons (Fsp3) is 0.714. The van der Waals surface area contributed by atoms with Gasteiger partial charge in [0.2, 0.25) is 5.79 Å². The van der Waals surface area contributed by atoms with Crippen molar-refractivity contribution in [3.8, 4) is 0 Å². The van der Waals surface area contributed by atoms with E-state index < -0.39 is 18.1 Å². The van der Waals surface area contributed by atoms with Gasteiger partial charge in [0.25, 0.3) is 0 Å². The molecule has 15 heavy (non-hydrogen) atoms. The third kappa shape index (κ3) is 5.70. The summed E-state index contributed by atoms with van der Waals surface area (Å²) in [6, 6.07) is 0. The van der Waals surface area contributed by atoms with Gasteiger partial charge in [0.1, 0.15) is 6.61 Å². The van der Waals surface area contributed by atoms with Crippen LogP contribution >= 0.6 is 0 Å². The van der Waals surface area contributed by atoms with Crippen molar-refractivity contribution in [1.29, 1.82) is 0 Å². The standard InChI is InChI=1S/C7H12O8/c1-7(12-3,4-11-2)13-6(10)15-14-5(8)9/h4H2,1-3H3,(H,8,9). The predicted octanol–water partition coefficient (Wildman–Crippen LogP) is 0.758. The minimum atomic E-state index is -1.77. The minimum absolute atomic E-state index is 0.0499. The summed E-state index contributed by atoms with van der Waals surface area (Å²) >= 11 is 0. The van der Waals surface area contributed by atoms with Crippen LogP contribution in [-0.4, -0.2) is 44.0 Å². The zero-order chi connectivity index (χ0) is 11.9. The molecule has 0 aliphatic rings. The number of carbonyl (C=O) groups is 2. The molecule has 0 aromatic carbocycles. The molecule has 0 radical (unpaired) electrons. The Morgan fingerprint density at radius 2 is 1.87 bits per heavy atom. The van der Waals surface area contributed by atoms with Crippen molar-refractivity contribution in [3.63, 3.8) is 0 Å². The molecular weight excluding hydrogens is 212 g/mol. The van der Waals surface area contributed by atoms with Gasteiger partial charge < -0.3 is 19.3 Å². The van der Waals surface area contributed by atoms with Crippen molar-refractivity contribution in [2.45, 2.75) is 12.7 Å². The van der Waals surface area contributed by atoms with Crippen LogP contribution in [0.3, 0.4) is 0 Å². The first-order valence-electron chi connectivity index (χ1n) is 3.78. The number of hydrogen-bond donors (Lipinski definition) is 1. The fourth-order valence-electron chi connectivity index (χ4n) is 0.655. The predicted molar refractivity (Wildman–Crippen MR) is 44.0 cm³/mol. The Labute approximate surface area is 85.5 Å². The van der Waals surface area contributed by atoms with Crippen molar-refractivity contribution in [3.05, 3.63) is 0 Å². The summed E-state index contributed by atoms with van der Waals surface area (Å²) in [7, 11) is 2.66. The Morgan fingerprint density at radius 1 is 1.27 bits per heavy atom. The maximum atomic E-state index is 10.8. The molecule has 0 fully saturated rings. The minimum Gasteiger partial charge on any atom is -0.447 e. The second-order valence-electron chi connectivity index (χ2n) is 2.56. The topological polar surface area (TPSA) is 101 Å². The molecule has 0 amide bonds. The molecule has 0 spiro atoms. The molecule has 0 bridgehead atoms. The molecule has 0 aromatic heterocycles. The van der Waals surface area contributed by atoms with Crippen LogP contribution in [0.4, 0.5) is 9.59 Å². The van der Waals surface area contributed by atoms with Gasteiger partial charge in [-0.3, -0.25) is 0 Å². The molecule has 8 nitrogen and oxygen atoms in total. The van der Waals surface area contributed by atoms with Crippen LogP contribution in [0.15, 0.2) is 0 Å². The van der Waals surface area contributed by atoms with E-state index in [1.54, 1.807) is 0 Å². The maximum Gasteiger partial charge on any atom is 0.552 e. The van der Waals surface area contributed by atoms with Gasteiger partial charge in [0.05, 0.1) is 0 Å². The van der Waals surface area contributed by atoms with Gasteiger partial charge >= 0.3 is 12.3 Å². The Kier molecular flexibility index (Phi) is 5.42. The maximum absolute atomic E-state index is 10.8. The Morgan fingerprint density at radius 3 is 2.27 bits per heavy atom. The van der Waals surface area contributed by atoms with E-state index in [0.29, 0.717) is 0 Å². The van der Waals surface area contributed by atoms with Gasteiger partial charge in [-0.1, -0.05) is 0 Å². The second kappa shape index (κ2) is 6.04. The number of hydrogen-bond acceptors (Lipinski definition) is 7. The molecule has 88 valence electrons. The van der Waals surface area contributed by atoms with Crippen molar-refractivity contribution >= 4 is 12.3 Å². The largest absolute Gasteiger partial charge is 0.552 e. The molecule has 0 aliphatic carbocycles. The quantitative estimate of drug-likeness (QED) is 0.323. The third-order valence-corrected chi connectivity index (χ3v) is 1.32. The zero-order valence-corrected chi connectivity index (χ0v) is 8.51. The molecule has 0 aliphatic heterocycles. The van der Waals surface area contributed by atoms with Gasteiger partial charge in [-0.25, -0.2) is 9.68 Å². The molecule has 8 heteroatoms. The van der Waals surface area contributed by atoms with Crippen LogP contribution < -0.4 is 0 Å². The Hall–Kier alpha value is -1.54. The van der Waals surface area contributed by atoms with Crippen molar-refractivity contribution in [1.82, 2.24) is 0 Å². The van der Waals surface area contributed by atoms with E-state index in [1.807, 2.05) is 0 Å². The van der Waals surface area contributed by atoms with E-state index >= 15 is 0 Å². The molecule has 0 aromatic rings. The molecule has 0 saturated heterocycles. The van der Waals surface area contributed by atoms with E-state index in [0.717, 1.165) is 0 Å². The summed E-state index contributed by atoms with van der Waals surface area (Å²) in [4.78, 5) is 28.0. The van der Waals surface area contributed by atoms with Crippen molar-refractivity contribution < 1.29 is 38.7 Å². The highest BCUT2D eigenvalue weighted by atomic mass is 17.3. The average Bonchev–Trinajstić information content (AvgIpc) is 2.15. The highest BCUT2D eigenvalue weighted by molar-refractivity contribution is 5.62. The number of carbonyl (C=O) groups excluding carboxylic acids is 1. The fourth-order valence-corrected chi connectivity index (χ4v) is 0.655. The summed E-state index contributed by atoms with van der Waals surface area (Å²) in [6.45, 7) is 1.35. The van der Waals surface area contributed by atoms with Gasteiger partial charge in [0.15, 0.2) is 0 Å². The summed E-state index contributed by atoms with van der Waals surface area (Å²) < 4.78 is 14.1. The Balaban J connectivity index is 4.06. The van der Waals surface area contributed by atoms with Crippen LogP contribution in [0.25, 0.3) is 0 Å². The van der Waals surface area contributed by atoms with Crippen molar-refractivity contribution in [2.75, 3.05) is 20.8 Å². The van der Waals surface area contributed by atoms with Gasteiger partial charge in [-0.15, -0.1) is 0 Å². The highest BCUT2D eigenvalue weighted by Crippen LogP contribution is 2.12. The van der Waals surface area contributed by atoms with Crippen LogP contribution in [-0.2, 0) is 24.0 Å². The van der Waals surface area contributed by atoms with Gasteiger partial charge in [-0.05, 0) is 0 Å². The van der Waals surface area contributed by atoms with E-state index in [4.69, 9.17) is 14.6 Å². The van der Waals surface area contributed by atoms with E-state index in [9.17, 15) is 9.59 Å². The van der Waals surface area contributed by atoms with Crippen LogP contribution in [0.5, 0.6) is 0 Å². The molecule has 0 rings (SSSR count). The van der Waals surface area contributed by atoms with Gasteiger partial charge in [0, 0.05) is 21.1 Å². The normalized spacial score (nSPS) is 13.8. The van der Waals surface area contributed by atoms with E-state index in [2.05, 4.69) is 14.5 Å². The summed E-state index contributed by atoms with van der Waals surface area (Å²) in [5.41, 5.74) is 0. The number of rotatable bonds is 4. The molecule has 1 unspecified atom stereocenters. The molecule has 0 heterocycles. The first-order valence-corrected chi connectivity index (χ1v) is 3.78. The summed E-state index contributed by atoms with van der Waals surface area (Å²) in [5, 5.41) is 8.01. The molecule has 1 atom stereocenters. The van der Waals surface area contributed by atoms with Crippen molar-refractivity contribution in [2.24, 2.45) is 0 Å². The molecule has 0 saturated carbocycles. The number of ether oxygens (including phenoxy) is 3. The highest BCUT2D eigenvalue weighted by Gasteiger charge is 2.30. The second-order valence-corrected chi connectivity index (χ2v) is 2.56. The lowest BCUT2D eigenvalue weighted by Crippen LogP contribution is -2.38. The van der Waals surface area contributed by atoms with E-state index in [-0.39, 0.29) is 6.61 Å². The molecular formula is C7H12O8. The summed E-state index contributed by atoms with van der Waals surface area (Å²) in [5.74, 6) is -1.37. The first-order chi connectivity index (χ1) is 6.93. The molecule has 1 N–H and O–H groups in total. The summed E-state index contributed by atoms with van der Waals surface area (Å²) in [6.07, 6.45) is -3.11. The zero-order valence-electron chi connectivity index (χ0n) is 8.51. The monoisotopic (exact) mass is 224 g/mol.